The van der Waals surface area contributed by atoms with E-state index in [0.717, 1.165) is 18.2 Å². The quantitative estimate of drug-likeness (QED) is 0.519. The normalized spacial score (nSPS) is 9.64. The zero-order valence-corrected chi connectivity index (χ0v) is 6.71. The van der Waals surface area contributed by atoms with Gasteiger partial charge in [-0.3, -0.25) is 0 Å². The number of halogens is 3. The molecule has 0 radical (unpaired) electrons. The molecule has 0 aliphatic rings. The van der Waals surface area contributed by atoms with Gasteiger partial charge in [0.1, 0.15) is 5.82 Å². The smallest absolute Gasteiger partial charge is 0.233 e. The van der Waals surface area contributed by atoms with Crippen LogP contribution in [0.4, 0.5) is 28.4 Å². The molecule has 0 aliphatic carbocycles. The second kappa shape index (κ2) is 3.91. The van der Waals surface area contributed by atoms with E-state index < -0.39 is 28.7 Å². The summed E-state index contributed by atoms with van der Waals surface area (Å²) in [6, 6.07) is 3.81. The highest BCUT2D eigenvalue weighted by atomic mass is 19.2. The van der Waals surface area contributed by atoms with Gasteiger partial charge in [0.05, 0.1) is 5.69 Å². The van der Waals surface area contributed by atoms with Crippen molar-refractivity contribution in [2.45, 2.75) is 0 Å². The van der Waals surface area contributed by atoms with E-state index in [9.17, 15) is 22.8 Å². The van der Waals surface area contributed by atoms with Gasteiger partial charge in [-0.2, -0.15) is 4.90 Å². The Labute approximate surface area is 76.7 Å². The van der Waals surface area contributed by atoms with Crippen molar-refractivity contribution in [3.63, 3.8) is 0 Å². The monoisotopic (exact) mass is 203 g/mol. The topological polar surface area (TPSA) is 37.4 Å². The van der Waals surface area contributed by atoms with Crippen LogP contribution in [-0.4, -0.2) is 12.3 Å². The number of benzene rings is 1. The number of rotatable bonds is 1. The van der Waals surface area contributed by atoms with Gasteiger partial charge >= 0.3 is 12.3 Å². The maximum absolute atomic E-state index is 12.6. The fraction of sp³-hybridized carbons (Fsp3) is 0. The minimum atomic E-state index is -2.30. The van der Waals surface area contributed by atoms with Gasteiger partial charge in [0.15, 0.2) is 0 Å². The lowest BCUT2D eigenvalue weighted by atomic mass is 10.3. The van der Waals surface area contributed by atoms with Gasteiger partial charge in [-0.15, -0.1) is 8.78 Å². The molecule has 0 aliphatic heterocycles. The first-order valence-corrected chi connectivity index (χ1v) is 3.47. The third-order valence-corrected chi connectivity index (χ3v) is 1.42. The highest BCUT2D eigenvalue weighted by molar-refractivity contribution is 6.08. The summed E-state index contributed by atoms with van der Waals surface area (Å²) in [7, 11) is 0. The van der Waals surface area contributed by atoms with Crippen LogP contribution in [0.15, 0.2) is 24.3 Å². The number of anilines is 1. The predicted octanol–water partition coefficient (Wildman–Crippen LogP) is 2.81. The Balaban J connectivity index is 3.12. The Morgan fingerprint density at radius 3 is 2.14 bits per heavy atom. The van der Waals surface area contributed by atoms with E-state index in [2.05, 4.69) is 0 Å². The molecule has 6 heteroatoms. The molecule has 1 aromatic carbocycles. The fourth-order valence-corrected chi connectivity index (χ4v) is 0.887. The molecule has 2 amide bonds. The van der Waals surface area contributed by atoms with E-state index in [4.69, 9.17) is 0 Å². The summed E-state index contributed by atoms with van der Waals surface area (Å²) < 4.78 is 36.8. The molecule has 0 bridgehead atoms. The van der Waals surface area contributed by atoms with Gasteiger partial charge in [0.2, 0.25) is 0 Å². The zero-order chi connectivity index (χ0) is 10.7. The van der Waals surface area contributed by atoms with Crippen LogP contribution < -0.4 is 4.90 Å². The van der Waals surface area contributed by atoms with Gasteiger partial charge in [-0.05, 0) is 18.2 Å². The molecule has 0 aromatic heterocycles. The number of carbonyl (C=O) groups excluding carboxylic acids is 2. The molecule has 14 heavy (non-hydrogen) atoms. The van der Waals surface area contributed by atoms with E-state index in [1.54, 1.807) is 0 Å². The molecular weight excluding hydrogens is 199 g/mol. The summed E-state index contributed by atoms with van der Waals surface area (Å²) in [5, 5.41) is 0. The third kappa shape index (κ3) is 2.09. The lowest BCUT2D eigenvalue weighted by Crippen LogP contribution is -2.29. The summed E-state index contributed by atoms with van der Waals surface area (Å²) in [5.74, 6) is -0.810. The van der Waals surface area contributed by atoms with Crippen LogP contribution in [0.3, 0.4) is 0 Å². The fourth-order valence-electron chi connectivity index (χ4n) is 0.887. The second-order valence-corrected chi connectivity index (χ2v) is 2.32. The number of nitrogens with zero attached hydrogens (tertiary/aromatic N) is 1. The average Bonchev–Trinajstić information content (AvgIpc) is 2.02. The van der Waals surface area contributed by atoms with E-state index in [-0.39, 0.29) is 0 Å². The van der Waals surface area contributed by atoms with Crippen molar-refractivity contribution in [2.75, 3.05) is 4.90 Å². The standard InChI is InChI=1S/C8H4F3NO2/c9-5-2-1-3-6(4-5)12(7(10)13)8(11)14/h1-4H. The SMILES string of the molecule is O=C(F)N(C(=O)F)c1cccc(F)c1. The third-order valence-electron chi connectivity index (χ3n) is 1.42. The van der Waals surface area contributed by atoms with E-state index in [0.29, 0.717) is 6.07 Å². The van der Waals surface area contributed by atoms with Gasteiger partial charge in [0.25, 0.3) is 0 Å². The highest BCUT2D eigenvalue weighted by Gasteiger charge is 2.23. The number of imide groups is 1. The van der Waals surface area contributed by atoms with Crippen molar-refractivity contribution in [2.24, 2.45) is 0 Å². The number of carbonyl (C=O) groups is 2. The van der Waals surface area contributed by atoms with Gasteiger partial charge < -0.3 is 0 Å². The Morgan fingerprint density at radius 1 is 1.14 bits per heavy atom. The summed E-state index contributed by atoms with van der Waals surface area (Å²) in [6.45, 7) is 0. The van der Waals surface area contributed by atoms with Gasteiger partial charge in [0, 0.05) is 0 Å². The first-order valence-electron chi connectivity index (χ1n) is 3.47. The Kier molecular flexibility index (Phi) is 2.85. The molecule has 0 saturated heterocycles. The van der Waals surface area contributed by atoms with E-state index >= 15 is 0 Å². The Hall–Kier alpha value is -1.85. The second-order valence-electron chi connectivity index (χ2n) is 2.32. The Bertz CT molecular complexity index is 367. The maximum Gasteiger partial charge on any atom is 0.413 e. The van der Waals surface area contributed by atoms with Crippen molar-refractivity contribution >= 4 is 18.0 Å². The van der Waals surface area contributed by atoms with Gasteiger partial charge in [-0.1, -0.05) is 6.07 Å². The van der Waals surface area contributed by atoms with Crippen molar-refractivity contribution in [3.05, 3.63) is 30.1 Å². The summed E-state index contributed by atoms with van der Waals surface area (Å²) >= 11 is 0. The van der Waals surface area contributed by atoms with E-state index in [1.807, 2.05) is 0 Å². The number of amides is 2. The van der Waals surface area contributed by atoms with Crippen LogP contribution in [0.2, 0.25) is 0 Å². The van der Waals surface area contributed by atoms with Crippen LogP contribution in [0, 0.1) is 5.82 Å². The minimum absolute atomic E-state index is 0.414. The van der Waals surface area contributed by atoms with Crippen molar-refractivity contribution < 1.29 is 22.8 Å². The molecule has 1 rings (SSSR count). The van der Waals surface area contributed by atoms with Gasteiger partial charge in [-0.25, -0.2) is 14.0 Å². The number of hydrogen-bond donors (Lipinski definition) is 0. The molecule has 74 valence electrons. The summed E-state index contributed by atoms with van der Waals surface area (Å²) in [6.07, 6.45) is -4.61. The minimum Gasteiger partial charge on any atom is -0.233 e. The van der Waals surface area contributed by atoms with Crippen LogP contribution in [0.5, 0.6) is 0 Å². The van der Waals surface area contributed by atoms with Crippen molar-refractivity contribution in [1.29, 1.82) is 0 Å². The van der Waals surface area contributed by atoms with Crippen molar-refractivity contribution in [1.82, 2.24) is 0 Å². The largest absolute Gasteiger partial charge is 0.413 e. The van der Waals surface area contributed by atoms with Crippen LogP contribution in [0.25, 0.3) is 0 Å². The molecule has 0 unspecified atom stereocenters. The van der Waals surface area contributed by atoms with Crippen LogP contribution in [0.1, 0.15) is 0 Å². The lowest BCUT2D eigenvalue weighted by molar-refractivity contribution is 0.213. The molecule has 0 N–H and O–H groups in total. The molecule has 0 saturated carbocycles. The Morgan fingerprint density at radius 2 is 1.71 bits per heavy atom. The molecule has 0 spiro atoms. The van der Waals surface area contributed by atoms with Crippen LogP contribution >= 0.6 is 0 Å². The van der Waals surface area contributed by atoms with Crippen LogP contribution in [-0.2, 0) is 0 Å². The molecule has 1 aromatic rings. The number of hydrogen-bond acceptors (Lipinski definition) is 2. The molecule has 0 atom stereocenters. The average molecular weight is 203 g/mol. The predicted molar refractivity (Wildman–Crippen MR) is 41.9 cm³/mol. The first-order chi connectivity index (χ1) is 6.52. The zero-order valence-electron chi connectivity index (χ0n) is 6.71. The molecular formula is C8H4F3NO2. The maximum atomic E-state index is 12.6. The molecule has 3 nitrogen and oxygen atoms in total. The summed E-state index contributed by atoms with van der Waals surface area (Å²) in [5.41, 5.74) is -0.495. The summed E-state index contributed by atoms with van der Waals surface area (Å²) in [4.78, 5) is 19.9. The molecule has 0 heterocycles. The lowest BCUT2D eigenvalue weighted by Gasteiger charge is -2.11. The molecule has 0 fully saturated rings. The van der Waals surface area contributed by atoms with Crippen molar-refractivity contribution in [3.8, 4) is 0 Å². The highest BCUT2D eigenvalue weighted by Crippen LogP contribution is 2.17. The van der Waals surface area contributed by atoms with E-state index in [1.165, 1.54) is 0 Å². The first kappa shape index (κ1) is 10.2.